The lowest BCUT2D eigenvalue weighted by molar-refractivity contribution is 0.0952. The van der Waals surface area contributed by atoms with E-state index in [4.69, 9.17) is 0 Å². The van der Waals surface area contributed by atoms with Gasteiger partial charge in [-0.1, -0.05) is 12.8 Å². The summed E-state index contributed by atoms with van der Waals surface area (Å²) in [5.74, 6) is 1.96. The number of carbonyl (C=O) groups is 1. The minimum absolute atomic E-state index is 0.0423. The maximum absolute atomic E-state index is 11.8. The quantitative estimate of drug-likeness (QED) is 0.683. The number of pyridine rings is 1. The highest BCUT2D eigenvalue weighted by Crippen LogP contribution is 2.05. The van der Waals surface area contributed by atoms with E-state index in [0.717, 1.165) is 18.8 Å². The average molecular weight is 281 g/mol. The normalized spacial score (nSPS) is 10.2. The van der Waals surface area contributed by atoms with Crippen molar-refractivity contribution in [2.75, 3.05) is 30.9 Å². The van der Waals surface area contributed by atoms with Gasteiger partial charge in [-0.2, -0.15) is 11.8 Å². The molecule has 2 N–H and O–H groups in total. The molecule has 0 saturated carbocycles. The highest BCUT2D eigenvalue weighted by molar-refractivity contribution is 7.98. The first-order valence-corrected chi connectivity index (χ1v) is 8.08. The molecule has 0 fully saturated rings. The number of aromatic nitrogens is 1. The van der Waals surface area contributed by atoms with Crippen molar-refractivity contribution in [2.45, 2.75) is 25.7 Å². The van der Waals surface area contributed by atoms with Crippen molar-refractivity contribution >= 4 is 23.5 Å². The van der Waals surface area contributed by atoms with Crippen molar-refractivity contribution in [3.63, 3.8) is 0 Å². The average Bonchev–Trinajstić information content (AvgIpc) is 2.46. The summed E-state index contributed by atoms with van der Waals surface area (Å²) < 4.78 is 0. The fourth-order valence-corrected chi connectivity index (χ4v) is 2.20. The Hall–Kier alpha value is -1.23. The van der Waals surface area contributed by atoms with E-state index in [2.05, 4.69) is 21.9 Å². The van der Waals surface area contributed by atoms with Crippen LogP contribution in [0.2, 0.25) is 0 Å². The van der Waals surface area contributed by atoms with E-state index in [1.807, 2.05) is 11.8 Å². The SMILES string of the molecule is CNc1ccc(C(=O)NCCCCCCSC)cn1. The van der Waals surface area contributed by atoms with Gasteiger partial charge in [0.1, 0.15) is 5.82 Å². The molecule has 106 valence electrons. The summed E-state index contributed by atoms with van der Waals surface area (Å²) in [4.78, 5) is 15.9. The first-order valence-electron chi connectivity index (χ1n) is 6.69. The molecule has 0 unspecified atom stereocenters. The second kappa shape index (κ2) is 9.67. The predicted octanol–water partition coefficient (Wildman–Crippen LogP) is 2.78. The van der Waals surface area contributed by atoms with Crippen LogP contribution in [-0.2, 0) is 0 Å². The van der Waals surface area contributed by atoms with Crippen LogP contribution in [0.15, 0.2) is 18.3 Å². The molecular weight excluding hydrogens is 258 g/mol. The molecule has 0 aliphatic rings. The highest BCUT2D eigenvalue weighted by atomic mass is 32.2. The smallest absolute Gasteiger partial charge is 0.252 e. The summed E-state index contributed by atoms with van der Waals surface area (Å²) in [7, 11) is 1.80. The minimum Gasteiger partial charge on any atom is -0.373 e. The maximum Gasteiger partial charge on any atom is 0.252 e. The number of unbranched alkanes of at least 4 members (excludes halogenated alkanes) is 3. The second-order valence-electron chi connectivity index (χ2n) is 4.35. The Morgan fingerprint density at radius 2 is 2.05 bits per heavy atom. The molecule has 0 aromatic carbocycles. The summed E-state index contributed by atoms with van der Waals surface area (Å²) in [6, 6.07) is 3.59. The number of anilines is 1. The van der Waals surface area contributed by atoms with Crippen molar-refractivity contribution in [2.24, 2.45) is 0 Å². The Labute approximate surface area is 119 Å². The van der Waals surface area contributed by atoms with Crippen LogP contribution >= 0.6 is 11.8 Å². The van der Waals surface area contributed by atoms with Crippen LogP contribution in [0.1, 0.15) is 36.0 Å². The molecule has 0 atom stereocenters. The van der Waals surface area contributed by atoms with Crippen molar-refractivity contribution < 1.29 is 4.79 Å². The molecular formula is C14H23N3OS. The van der Waals surface area contributed by atoms with Crippen molar-refractivity contribution in [3.05, 3.63) is 23.9 Å². The number of nitrogens with zero attached hydrogens (tertiary/aromatic N) is 1. The van der Waals surface area contributed by atoms with Crippen molar-refractivity contribution in [1.29, 1.82) is 0 Å². The Morgan fingerprint density at radius 1 is 1.26 bits per heavy atom. The maximum atomic E-state index is 11.8. The summed E-state index contributed by atoms with van der Waals surface area (Å²) in [5, 5.41) is 5.85. The number of rotatable bonds is 9. The van der Waals surface area contributed by atoms with Gasteiger partial charge in [0.05, 0.1) is 5.56 Å². The Bertz CT molecular complexity index is 367. The molecule has 0 aliphatic carbocycles. The van der Waals surface area contributed by atoms with Crippen LogP contribution in [0.25, 0.3) is 0 Å². The molecule has 0 spiro atoms. The van der Waals surface area contributed by atoms with E-state index in [1.165, 1.54) is 25.0 Å². The van der Waals surface area contributed by atoms with Crippen LogP contribution in [0.4, 0.5) is 5.82 Å². The zero-order valence-electron chi connectivity index (χ0n) is 11.7. The predicted molar refractivity (Wildman–Crippen MR) is 83.0 cm³/mol. The van der Waals surface area contributed by atoms with E-state index < -0.39 is 0 Å². The zero-order chi connectivity index (χ0) is 13.9. The van der Waals surface area contributed by atoms with Crippen LogP contribution in [-0.4, -0.2) is 36.5 Å². The first kappa shape index (κ1) is 15.8. The Morgan fingerprint density at radius 3 is 2.68 bits per heavy atom. The lowest BCUT2D eigenvalue weighted by Gasteiger charge is -2.05. The van der Waals surface area contributed by atoms with Crippen LogP contribution < -0.4 is 10.6 Å². The third-order valence-corrected chi connectivity index (χ3v) is 3.54. The third kappa shape index (κ3) is 6.47. The standard InChI is InChI=1S/C14H23N3OS/c1-15-13-8-7-12(11-17-13)14(18)16-9-5-3-4-6-10-19-2/h7-8,11H,3-6,9-10H2,1-2H3,(H,15,17)(H,16,18). The number of nitrogens with one attached hydrogen (secondary N) is 2. The van der Waals surface area contributed by atoms with E-state index in [9.17, 15) is 4.79 Å². The molecule has 4 nitrogen and oxygen atoms in total. The Kier molecular flexibility index (Phi) is 8.05. The van der Waals surface area contributed by atoms with Crippen LogP contribution in [0.3, 0.4) is 0 Å². The molecule has 1 heterocycles. The second-order valence-corrected chi connectivity index (χ2v) is 5.33. The summed E-state index contributed by atoms with van der Waals surface area (Å²) in [5.41, 5.74) is 0.612. The number of hydrogen-bond donors (Lipinski definition) is 2. The fraction of sp³-hybridized carbons (Fsp3) is 0.571. The van der Waals surface area contributed by atoms with Gasteiger partial charge in [-0.25, -0.2) is 4.98 Å². The van der Waals surface area contributed by atoms with Gasteiger partial charge < -0.3 is 10.6 Å². The van der Waals surface area contributed by atoms with Crippen LogP contribution in [0.5, 0.6) is 0 Å². The lowest BCUT2D eigenvalue weighted by Crippen LogP contribution is -2.24. The monoisotopic (exact) mass is 281 g/mol. The molecule has 0 bridgehead atoms. The number of hydrogen-bond acceptors (Lipinski definition) is 4. The van der Waals surface area contributed by atoms with Crippen molar-refractivity contribution in [1.82, 2.24) is 10.3 Å². The molecule has 5 heteroatoms. The van der Waals surface area contributed by atoms with Gasteiger partial charge in [-0.05, 0) is 37.0 Å². The molecule has 1 aromatic heterocycles. The summed E-state index contributed by atoms with van der Waals surface area (Å²) in [6.07, 6.45) is 8.47. The largest absolute Gasteiger partial charge is 0.373 e. The van der Waals surface area contributed by atoms with Gasteiger partial charge in [0.25, 0.3) is 5.91 Å². The Balaban J connectivity index is 2.16. The topological polar surface area (TPSA) is 54.0 Å². The zero-order valence-corrected chi connectivity index (χ0v) is 12.6. The molecule has 1 amide bonds. The summed E-state index contributed by atoms with van der Waals surface area (Å²) in [6.45, 7) is 0.742. The first-order chi connectivity index (χ1) is 9.27. The lowest BCUT2D eigenvalue weighted by atomic mass is 10.2. The fourth-order valence-electron chi connectivity index (χ4n) is 1.70. The minimum atomic E-state index is -0.0423. The van der Waals surface area contributed by atoms with E-state index in [1.54, 1.807) is 25.4 Å². The molecule has 1 rings (SSSR count). The van der Waals surface area contributed by atoms with E-state index in [0.29, 0.717) is 5.56 Å². The summed E-state index contributed by atoms with van der Waals surface area (Å²) >= 11 is 1.89. The van der Waals surface area contributed by atoms with Gasteiger partial charge in [0.15, 0.2) is 0 Å². The number of carbonyl (C=O) groups excluding carboxylic acids is 1. The highest BCUT2D eigenvalue weighted by Gasteiger charge is 2.04. The molecule has 1 aromatic rings. The van der Waals surface area contributed by atoms with Gasteiger partial charge in [-0.3, -0.25) is 4.79 Å². The van der Waals surface area contributed by atoms with Gasteiger partial charge in [0, 0.05) is 19.8 Å². The molecule has 0 radical (unpaired) electrons. The van der Waals surface area contributed by atoms with Gasteiger partial charge in [0.2, 0.25) is 0 Å². The number of amides is 1. The van der Waals surface area contributed by atoms with E-state index in [-0.39, 0.29) is 5.91 Å². The van der Waals surface area contributed by atoms with Gasteiger partial charge >= 0.3 is 0 Å². The third-order valence-electron chi connectivity index (χ3n) is 2.84. The van der Waals surface area contributed by atoms with Crippen molar-refractivity contribution in [3.8, 4) is 0 Å². The van der Waals surface area contributed by atoms with Crippen LogP contribution in [0, 0.1) is 0 Å². The number of thioether (sulfide) groups is 1. The van der Waals surface area contributed by atoms with E-state index >= 15 is 0 Å². The van der Waals surface area contributed by atoms with Gasteiger partial charge in [-0.15, -0.1) is 0 Å². The molecule has 0 saturated heterocycles. The molecule has 0 aliphatic heterocycles. The molecule has 19 heavy (non-hydrogen) atoms.